The number of anilines is 1. The number of β-lactam (4-membered cyclic amide) rings is 1. The second-order valence-corrected chi connectivity index (χ2v) is 8.99. The first-order valence-corrected chi connectivity index (χ1v) is 10.1. The van der Waals surface area contributed by atoms with Gasteiger partial charge in [-0.1, -0.05) is 0 Å². The van der Waals surface area contributed by atoms with Crippen molar-refractivity contribution in [3.8, 4) is 0 Å². The van der Waals surface area contributed by atoms with Crippen LogP contribution in [0, 0.1) is 0 Å². The highest BCUT2D eigenvalue weighted by Gasteiger charge is 2.51. The third kappa shape index (κ3) is 5.37. The molecule has 2 atom stereocenters. The Morgan fingerprint density at radius 1 is 1.41 bits per heavy atom. The van der Waals surface area contributed by atoms with Gasteiger partial charge in [-0.25, -0.2) is 14.1 Å². The summed E-state index contributed by atoms with van der Waals surface area (Å²) in [6.45, 7) is 6.54. The molecule has 0 radical (unpaired) electrons. The monoisotopic (exact) mass is 420 g/mol. The predicted molar refractivity (Wildman–Crippen MR) is 95.5 cm³/mol. The zero-order valence-electron chi connectivity index (χ0n) is 15.0. The number of thiazole rings is 1. The van der Waals surface area contributed by atoms with Gasteiger partial charge in [0.15, 0.2) is 5.13 Å². The summed E-state index contributed by atoms with van der Waals surface area (Å²) in [6.07, 6.45) is -0.846. The highest BCUT2D eigenvalue weighted by atomic mass is 32.2. The smallest absolute Gasteiger partial charge is 0.413 e. The van der Waals surface area contributed by atoms with E-state index in [2.05, 4.69) is 15.6 Å². The molecule has 13 heteroatoms. The zero-order chi connectivity index (χ0) is 20.6. The Bertz CT molecular complexity index is 859. The van der Waals surface area contributed by atoms with E-state index < -0.39 is 45.9 Å². The van der Waals surface area contributed by atoms with E-state index in [4.69, 9.17) is 9.29 Å². The van der Waals surface area contributed by atoms with Crippen LogP contribution in [0.5, 0.6) is 0 Å². The molecule has 1 aromatic heterocycles. The fraction of sp³-hybridized carbons (Fsp3) is 0.571. The van der Waals surface area contributed by atoms with E-state index in [9.17, 15) is 22.8 Å². The molecule has 1 aromatic rings. The number of nitrogens with one attached hydrogen (secondary N) is 2. The Labute approximate surface area is 160 Å². The molecule has 0 unspecified atom stereocenters. The molecule has 1 fully saturated rings. The summed E-state index contributed by atoms with van der Waals surface area (Å²) in [6, 6.07) is -1.94. The number of rotatable bonds is 5. The minimum Gasteiger partial charge on any atom is -0.444 e. The van der Waals surface area contributed by atoms with E-state index in [1.165, 1.54) is 6.92 Å². The highest BCUT2D eigenvalue weighted by Crippen LogP contribution is 2.23. The first-order chi connectivity index (χ1) is 12.3. The predicted octanol–water partition coefficient (Wildman–Crippen LogP) is 0.551. The lowest BCUT2D eigenvalue weighted by molar-refractivity contribution is -0.144. The Kier molecular flexibility index (Phi) is 5.77. The normalized spacial score (nSPS) is 20.0. The first-order valence-electron chi connectivity index (χ1n) is 7.82. The van der Waals surface area contributed by atoms with Gasteiger partial charge in [0.25, 0.3) is 5.91 Å². The van der Waals surface area contributed by atoms with E-state index in [1.54, 1.807) is 26.2 Å². The number of hydrogen-bond acceptors (Lipinski definition) is 8. The van der Waals surface area contributed by atoms with Gasteiger partial charge < -0.3 is 10.1 Å². The largest absolute Gasteiger partial charge is 0.444 e. The number of nitrogens with zero attached hydrogens (tertiary/aromatic N) is 2. The van der Waals surface area contributed by atoms with Crippen molar-refractivity contribution in [1.82, 2.24) is 14.6 Å². The molecular formula is C14H20N4O7S2. The Morgan fingerprint density at radius 3 is 2.56 bits per heavy atom. The lowest BCUT2D eigenvalue weighted by atomic mass is 10.0. The number of ether oxygens (including phenoxy) is 1. The SMILES string of the molecule is C[C@H]1[C@H](NC(=O)Cc2csc(NC(=O)OC(C)(C)C)n2)C(=O)N1S(=O)(=O)O. The zero-order valence-corrected chi connectivity index (χ0v) is 16.7. The van der Waals surface area contributed by atoms with Crippen molar-refractivity contribution in [2.24, 2.45) is 0 Å². The first kappa shape index (κ1) is 21.1. The van der Waals surface area contributed by atoms with Crippen molar-refractivity contribution in [2.45, 2.75) is 51.8 Å². The van der Waals surface area contributed by atoms with Crippen LogP contribution in [0.4, 0.5) is 9.93 Å². The third-order valence-electron chi connectivity index (χ3n) is 3.40. The standard InChI is InChI=1S/C14H20N4O7S2/c1-7-10(11(20)18(7)27(22,23)24)16-9(19)5-8-6-26-12(15-8)17-13(21)25-14(2,3)4/h6-7,10H,5H2,1-4H3,(H,16,19)(H,15,17,21)(H,22,23,24)/t7-,10-/m0/s1. The van der Waals surface area contributed by atoms with Gasteiger partial charge in [-0.15, -0.1) is 11.3 Å². The molecule has 11 nitrogen and oxygen atoms in total. The van der Waals surface area contributed by atoms with Crippen molar-refractivity contribution < 1.29 is 32.1 Å². The topological polar surface area (TPSA) is 155 Å². The van der Waals surface area contributed by atoms with Gasteiger partial charge in [-0.3, -0.25) is 19.5 Å². The fourth-order valence-corrected chi connectivity index (χ4v) is 3.91. The number of hydrogen-bond donors (Lipinski definition) is 3. The van der Waals surface area contributed by atoms with Crippen LogP contribution in [0.2, 0.25) is 0 Å². The maximum atomic E-state index is 12.0. The number of carbonyl (C=O) groups is 3. The Balaban J connectivity index is 1.88. The average molecular weight is 420 g/mol. The van der Waals surface area contributed by atoms with Crippen LogP contribution in [0.25, 0.3) is 0 Å². The van der Waals surface area contributed by atoms with Gasteiger partial charge in [0.2, 0.25) is 5.91 Å². The summed E-state index contributed by atoms with van der Waals surface area (Å²) < 4.78 is 36.4. The summed E-state index contributed by atoms with van der Waals surface area (Å²) in [5.74, 6) is -1.46. The lowest BCUT2D eigenvalue weighted by Gasteiger charge is -2.42. The van der Waals surface area contributed by atoms with E-state index >= 15 is 0 Å². The summed E-state index contributed by atoms with van der Waals surface area (Å²) in [5, 5.41) is 6.65. The van der Waals surface area contributed by atoms with Crippen LogP contribution in [0.3, 0.4) is 0 Å². The van der Waals surface area contributed by atoms with Gasteiger partial charge in [0.05, 0.1) is 18.2 Å². The van der Waals surface area contributed by atoms with Crippen LogP contribution in [0.1, 0.15) is 33.4 Å². The molecule has 1 saturated heterocycles. The third-order valence-corrected chi connectivity index (χ3v) is 5.22. The molecule has 150 valence electrons. The molecule has 0 bridgehead atoms. The van der Waals surface area contributed by atoms with E-state index in [0.717, 1.165) is 11.3 Å². The average Bonchev–Trinajstić information content (AvgIpc) is 2.88. The number of aromatic nitrogens is 1. The van der Waals surface area contributed by atoms with Crippen molar-refractivity contribution in [3.63, 3.8) is 0 Å². The molecule has 27 heavy (non-hydrogen) atoms. The minimum absolute atomic E-state index is 0.172. The molecule has 3 N–H and O–H groups in total. The van der Waals surface area contributed by atoms with E-state index in [-0.39, 0.29) is 11.6 Å². The van der Waals surface area contributed by atoms with Crippen LogP contribution in [0.15, 0.2) is 5.38 Å². The molecule has 2 heterocycles. The van der Waals surface area contributed by atoms with Gasteiger partial charge in [-0.05, 0) is 27.7 Å². The Morgan fingerprint density at radius 2 is 2.04 bits per heavy atom. The lowest BCUT2D eigenvalue weighted by Crippen LogP contribution is -2.70. The molecule has 0 aliphatic carbocycles. The van der Waals surface area contributed by atoms with Gasteiger partial charge >= 0.3 is 16.4 Å². The van der Waals surface area contributed by atoms with Crippen molar-refractivity contribution in [2.75, 3.05) is 5.32 Å². The molecule has 2 rings (SSSR count). The molecule has 1 aliphatic heterocycles. The van der Waals surface area contributed by atoms with Crippen LogP contribution in [-0.4, -0.2) is 57.9 Å². The van der Waals surface area contributed by atoms with Crippen LogP contribution >= 0.6 is 11.3 Å². The molecule has 3 amide bonds. The molecule has 0 aromatic carbocycles. The quantitative estimate of drug-likeness (QED) is 0.461. The van der Waals surface area contributed by atoms with E-state index in [0.29, 0.717) is 10.00 Å². The van der Waals surface area contributed by atoms with Crippen molar-refractivity contribution >= 4 is 44.7 Å². The molecular weight excluding hydrogens is 400 g/mol. The van der Waals surface area contributed by atoms with Gasteiger partial charge in [-0.2, -0.15) is 8.42 Å². The number of carbonyl (C=O) groups excluding carboxylic acids is 3. The summed E-state index contributed by atoms with van der Waals surface area (Å²) in [5.41, 5.74) is -0.305. The highest BCUT2D eigenvalue weighted by molar-refractivity contribution is 7.84. The molecule has 0 saturated carbocycles. The fourth-order valence-electron chi connectivity index (χ4n) is 2.33. The summed E-state index contributed by atoms with van der Waals surface area (Å²) in [4.78, 5) is 39.5. The van der Waals surface area contributed by atoms with Crippen molar-refractivity contribution in [1.29, 1.82) is 0 Å². The van der Waals surface area contributed by atoms with E-state index in [1.807, 2.05) is 0 Å². The summed E-state index contributed by atoms with van der Waals surface area (Å²) in [7, 11) is -4.64. The summed E-state index contributed by atoms with van der Waals surface area (Å²) >= 11 is 1.10. The second-order valence-electron chi connectivity index (χ2n) is 6.85. The second kappa shape index (κ2) is 7.40. The maximum absolute atomic E-state index is 12.0. The van der Waals surface area contributed by atoms with Gasteiger partial charge in [0.1, 0.15) is 11.6 Å². The molecule has 1 aliphatic rings. The minimum atomic E-state index is -4.64. The van der Waals surface area contributed by atoms with Crippen LogP contribution < -0.4 is 10.6 Å². The maximum Gasteiger partial charge on any atom is 0.413 e. The van der Waals surface area contributed by atoms with Crippen LogP contribution in [-0.2, 0) is 31.1 Å². The van der Waals surface area contributed by atoms with Crippen molar-refractivity contribution in [3.05, 3.63) is 11.1 Å². The molecule has 0 spiro atoms. The Hall–Kier alpha value is -2.25. The number of amides is 3. The van der Waals surface area contributed by atoms with Gasteiger partial charge in [0, 0.05) is 5.38 Å².